The van der Waals surface area contributed by atoms with Gasteiger partial charge in [0.15, 0.2) is 11.8 Å². The van der Waals surface area contributed by atoms with Crippen LogP contribution >= 0.6 is 0 Å². The van der Waals surface area contributed by atoms with Crippen LogP contribution in [0.5, 0.6) is 0 Å². The molecule has 1 saturated heterocycles. The number of carbonyl (C=O) groups is 3. The van der Waals surface area contributed by atoms with Gasteiger partial charge in [0.25, 0.3) is 11.6 Å². The van der Waals surface area contributed by atoms with E-state index in [4.69, 9.17) is 4.74 Å². The molecule has 0 N–H and O–H groups in total. The summed E-state index contributed by atoms with van der Waals surface area (Å²) in [7, 11) is 0. The first-order chi connectivity index (χ1) is 12.4. The van der Waals surface area contributed by atoms with Crippen molar-refractivity contribution in [3.8, 4) is 0 Å². The molecule has 0 unspecified atom stereocenters. The summed E-state index contributed by atoms with van der Waals surface area (Å²) in [5.74, 6) is -4.05. The number of benzene rings is 1. The minimum absolute atomic E-state index is 0.000485. The Morgan fingerprint density at radius 2 is 2.12 bits per heavy atom. The van der Waals surface area contributed by atoms with Crippen LogP contribution < -0.4 is 4.90 Å². The second kappa shape index (κ2) is 6.31. The van der Waals surface area contributed by atoms with Crippen LogP contribution in [0.2, 0.25) is 0 Å². The van der Waals surface area contributed by atoms with Crippen molar-refractivity contribution in [1.29, 1.82) is 0 Å². The van der Waals surface area contributed by atoms with Crippen molar-refractivity contribution in [3.05, 3.63) is 39.3 Å². The number of amides is 2. The minimum Gasteiger partial charge on any atom is -0.461 e. The second-order valence-electron chi connectivity index (χ2n) is 5.32. The van der Waals surface area contributed by atoms with Gasteiger partial charge in [0.2, 0.25) is 5.91 Å². The average Bonchev–Trinajstić information content (AvgIpc) is 3.12. The Balaban J connectivity index is 2.02. The van der Waals surface area contributed by atoms with Crippen molar-refractivity contribution in [1.82, 2.24) is 5.12 Å². The lowest BCUT2D eigenvalue weighted by Crippen LogP contribution is -2.36. The maximum absolute atomic E-state index is 12.7. The topological polar surface area (TPSA) is 152 Å². The first-order valence-corrected chi connectivity index (χ1v) is 7.41. The van der Waals surface area contributed by atoms with E-state index in [0.29, 0.717) is 10.0 Å². The molecule has 1 fully saturated rings. The number of nitrogens with zero attached hydrogens (tertiary/aromatic N) is 5. The summed E-state index contributed by atoms with van der Waals surface area (Å²) in [6.07, 6.45) is 0. The number of ether oxygens (including phenoxy) is 1. The lowest BCUT2D eigenvalue weighted by atomic mass is 9.98. The van der Waals surface area contributed by atoms with Crippen molar-refractivity contribution in [3.63, 3.8) is 0 Å². The molecule has 0 aliphatic carbocycles. The van der Waals surface area contributed by atoms with E-state index >= 15 is 0 Å². The van der Waals surface area contributed by atoms with E-state index in [9.17, 15) is 29.4 Å². The van der Waals surface area contributed by atoms with Crippen LogP contribution in [-0.2, 0) is 19.1 Å². The molecule has 2 atom stereocenters. The van der Waals surface area contributed by atoms with Crippen molar-refractivity contribution < 1.29 is 24.0 Å². The van der Waals surface area contributed by atoms with Gasteiger partial charge < -0.3 is 4.74 Å². The zero-order valence-electron chi connectivity index (χ0n) is 13.3. The number of imide groups is 1. The molecule has 134 valence electrons. The van der Waals surface area contributed by atoms with Crippen LogP contribution in [0.3, 0.4) is 0 Å². The highest BCUT2D eigenvalue weighted by atomic mass is 16.6. The number of rotatable bonds is 5. The second-order valence-corrected chi connectivity index (χ2v) is 5.32. The van der Waals surface area contributed by atoms with Crippen LogP contribution in [0.4, 0.5) is 11.4 Å². The van der Waals surface area contributed by atoms with Gasteiger partial charge in [-0.3, -0.25) is 19.7 Å². The molecular formula is C14H11N5O7. The van der Waals surface area contributed by atoms with Gasteiger partial charge in [-0.15, -0.1) is 15.1 Å². The zero-order valence-corrected chi connectivity index (χ0v) is 13.3. The molecule has 2 amide bonds. The molecule has 1 aromatic carbocycles. The molecule has 2 aliphatic heterocycles. The Hall–Kier alpha value is -3.70. The molecule has 12 nitrogen and oxygen atoms in total. The van der Waals surface area contributed by atoms with E-state index in [0.717, 1.165) is 6.07 Å². The Kier molecular flexibility index (Phi) is 4.16. The standard InChI is InChI=1S/C14H11N5O7/c1-2-26-14(22)10-9-11(18(15-10)16-23)13(21)17(12(9)20)7-4-3-5-8(6-7)19(24)25/h3-6,9,11H,2H2,1H3/t9-,11+/m0/s1. The van der Waals surface area contributed by atoms with Crippen LogP contribution in [0, 0.1) is 20.9 Å². The number of nitroso groups, excluding NO2 is 1. The van der Waals surface area contributed by atoms with Crippen LogP contribution in [0.25, 0.3) is 0 Å². The van der Waals surface area contributed by atoms with E-state index < -0.39 is 40.4 Å². The molecule has 0 bridgehead atoms. The van der Waals surface area contributed by atoms with Gasteiger partial charge in [0.05, 0.1) is 22.5 Å². The summed E-state index contributed by atoms with van der Waals surface area (Å²) in [6.45, 7) is 1.54. The molecule has 0 radical (unpaired) electrons. The molecule has 2 aliphatic rings. The van der Waals surface area contributed by atoms with Crippen molar-refractivity contribution >= 4 is 34.9 Å². The zero-order chi connectivity index (χ0) is 19.0. The average molecular weight is 361 g/mol. The third kappa shape index (κ3) is 2.47. The number of hydrazone groups is 1. The maximum Gasteiger partial charge on any atom is 0.355 e. The van der Waals surface area contributed by atoms with Crippen molar-refractivity contribution in [2.24, 2.45) is 16.3 Å². The minimum atomic E-state index is -1.43. The van der Waals surface area contributed by atoms with Crippen LogP contribution in [0.15, 0.2) is 34.7 Å². The summed E-state index contributed by atoms with van der Waals surface area (Å²) in [6, 6.07) is 3.43. The van der Waals surface area contributed by atoms with Gasteiger partial charge in [0, 0.05) is 12.1 Å². The Morgan fingerprint density at radius 3 is 2.73 bits per heavy atom. The molecular weight excluding hydrogens is 350 g/mol. The summed E-state index contributed by atoms with van der Waals surface area (Å²) in [4.78, 5) is 59.2. The molecule has 12 heteroatoms. The molecule has 1 aromatic rings. The van der Waals surface area contributed by atoms with Gasteiger partial charge in [-0.1, -0.05) is 6.07 Å². The fourth-order valence-corrected chi connectivity index (χ4v) is 2.83. The molecule has 0 aromatic heterocycles. The van der Waals surface area contributed by atoms with E-state index in [-0.39, 0.29) is 18.0 Å². The van der Waals surface area contributed by atoms with Gasteiger partial charge in [-0.25, -0.2) is 9.69 Å². The fraction of sp³-hybridized carbons (Fsp3) is 0.286. The number of fused-ring (bicyclic) bond motifs is 1. The normalized spacial score (nSPS) is 21.5. The molecule has 0 saturated carbocycles. The maximum atomic E-state index is 12.7. The van der Waals surface area contributed by atoms with E-state index in [1.807, 2.05) is 0 Å². The highest BCUT2D eigenvalue weighted by Crippen LogP contribution is 2.36. The first kappa shape index (κ1) is 17.1. The number of anilines is 1. The number of nitro groups is 1. The number of esters is 1. The van der Waals surface area contributed by atoms with Crippen LogP contribution in [-0.4, -0.2) is 46.2 Å². The third-order valence-electron chi connectivity index (χ3n) is 3.90. The number of carbonyl (C=O) groups excluding carboxylic acids is 3. The van der Waals surface area contributed by atoms with E-state index in [1.165, 1.54) is 25.1 Å². The lowest BCUT2D eigenvalue weighted by molar-refractivity contribution is -0.384. The largest absolute Gasteiger partial charge is 0.461 e. The number of hydrogen-bond donors (Lipinski definition) is 0. The van der Waals surface area contributed by atoms with Gasteiger partial charge in [-0.05, 0) is 13.0 Å². The Bertz CT molecular complexity index is 867. The fourth-order valence-electron chi connectivity index (χ4n) is 2.83. The third-order valence-corrected chi connectivity index (χ3v) is 3.90. The summed E-state index contributed by atoms with van der Waals surface area (Å²) in [5.41, 5.74) is -0.801. The van der Waals surface area contributed by atoms with E-state index in [2.05, 4.69) is 10.4 Å². The van der Waals surface area contributed by atoms with Gasteiger partial charge in [0.1, 0.15) is 5.92 Å². The number of nitro benzene ring substituents is 1. The molecule has 0 spiro atoms. The Morgan fingerprint density at radius 1 is 1.38 bits per heavy atom. The SMILES string of the molecule is CCOC(=O)C1=NN(N=O)[C@H]2C(=O)N(c3cccc([N+](=O)[O-])c3)C(=O)[C@@H]12. The van der Waals surface area contributed by atoms with Gasteiger partial charge >= 0.3 is 5.97 Å². The quantitative estimate of drug-likeness (QED) is 0.240. The number of non-ortho nitro benzene ring substituents is 1. The summed E-state index contributed by atoms with van der Waals surface area (Å²) >= 11 is 0. The monoisotopic (exact) mass is 361 g/mol. The first-order valence-electron chi connectivity index (χ1n) is 7.41. The summed E-state index contributed by atoms with van der Waals surface area (Å²) in [5, 5.41) is 17.5. The van der Waals surface area contributed by atoms with Crippen LogP contribution in [0.1, 0.15) is 6.92 Å². The molecule has 3 rings (SSSR count). The van der Waals surface area contributed by atoms with E-state index in [1.54, 1.807) is 0 Å². The highest BCUT2D eigenvalue weighted by molar-refractivity contribution is 6.46. The Labute approximate surface area is 145 Å². The smallest absolute Gasteiger partial charge is 0.355 e. The molecule has 26 heavy (non-hydrogen) atoms. The molecule has 2 heterocycles. The van der Waals surface area contributed by atoms with Gasteiger partial charge in [-0.2, -0.15) is 0 Å². The highest BCUT2D eigenvalue weighted by Gasteiger charge is 2.59. The number of hydrogen-bond acceptors (Lipinski definition) is 9. The predicted molar refractivity (Wildman–Crippen MR) is 84.6 cm³/mol. The van der Waals surface area contributed by atoms with Crippen molar-refractivity contribution in [2.45, 2.75) is 13.0 Å². The predicted octanol–water partition coefficient (Wildman–Crippen LogP) is 0.369. The van der Waals surface area contributed by atoms with Crippen molar-refractivity contribution in [2.75, 3.05) is 11.5 Å². The summed E-state index contributed by atoms with van der Waals surface area (Å²) < 4.78 is 4.79. The lowest BCUT2D eigenvalue weighted by Gasteiger charge is -2.16.